The minimum Gasteiger partial charge on any atom is -0.480 e. The highest BCUT2D eigenvalue weighted by Gasteiger charge is 2.40. The molecule has 0 aromatic heterocycles. The van der Waals surface area contributed by atoms with Crippen LogP contribution in [0.25, 0.3) is 0 Å². The van der Waals surface area contributed by atoms with Crippen LogP contribution in [-0.2, 0) is 11.2 Å². The first kappa shape index (κ1) is 15.4. The maximum atomic E-state index is 12.8. The summed E-state index contributed by atoms with van der Waals surface area (Å²) < 4.78 is 0. The number of hydrogen-bond acceptors (Lipinski definition) is 2. The number of fused-ring (bicyclic) bond motifs is 1. The van der Waals surface area contributed by atoms with Gasteiger partial charge in [-0.15, -0.1) is 0 Å². The highest BCUT2D eigenvalue weighted by atomic mass is 16.4. The van der Waals surface area contributed by atoms with Gasteiger partial charge in [-0.25, -0.2) is 9.59 Å². The van der Waals surface area contributed by atoms with E-state index in [4.69, 9.17) is 0 Å². The smallest absolute Gasteiger partial charge is 0.327 e. The number of amides is 2. The zero-order valence-corrected chi connectivity index (χ0v) is 12.9. The third-order valence-electron chi connectivity index (χ3n) is 4.34. The molecule has 114 valence electrons. The fourth-order valence-corrected chi connectivity index (χ4v) is 2.61. The van der Waals surface area contributed by atoms with E-state index in [-0.39, 0.29) is 12.1 Å². The van der Waals surface area contributed by atoms with Crippen LogP contribution in [0, 0.1) is 5.92 Å². The summed E-state index contributed by atoms with van der Waals surface area (Å²) in [4.78, 5) is 27.3. The summed E-state index contributed by atoms with van der Waals surface area (Å²) in [6.45, 7) is 6.06. The van der Waals surface area contributed by atoms with E-state index in [1.165, 1.54) is 4.90 Å². The first-order valence-electron chi connectivity index (χ1n) is 7.21. The molecule has 1 N–H and O–H groups in total. The molecule has 0 radical (unpaired) electrons. The van der Waals surface area contributed by atoms with Crippen molar-refractivity contribution in [3.05, 3.63) is 29.8 Å². The Morgan fingerprint density at radius 2 is 1.90 bits per heavy atom. The van der Waals surface area contributed by atoms with Gasteiger partial charge in [0.25, 0.3) is 0 Å². The fraction of sp³-hybridized carbons (Fsp3) is 0.500. The van der Waals surface area contributed by atoms with Gasteiger partial charge >= 0.3 is 12.0 Å². The summed E-state index contributed by atoms with van der Waals surface area (Å²) in [5, 5.41) is 9.42. The van der Waals surface area contributed by atoms with Crippen LogP contribution in [0.1, 0.15) is 26.3 Å². The largest absolute Gasteiger partial charge is 0.480 e. The Hall–Kier alpha value is -2.04. The van der Waals surface area contributed by atoms with Gasteiger partial charge in [0.2, 0.25) is 0 Å². The molecule has 1 aromatic carbocycles. The molecule has 5 heteroatoms. The monoisotopic (exact) mass is 290 g/mol. The number of carboxylic acid groups (broad SMARTS) is 1. The number of carboxylic acids is 1. The van der Waals surface area contributed by atoms with Gasteiger partial charge in [-0.3, -0.25) is 4.90 Å². The number of urea groups is 1. The first-order chi connectivity index (χ1) is 9.84. The Bertz CT molecular complexity index is 556. The molecule has 1 heterocycles. The van der Waals surface area contributed by atoms with E-state index in [1.807, 2.05) is 45.0 Å². The average molecular weight is 290 g/mol. The molecule has 0 saturated carbocycles. The SMILES string of the molecule is CC(C)C(C)N(C)C(=O)N1c2ccccc2C[C@H]1C(=O)O. The van der Waals surface area contributed by atoms with E-state index in [9.17, 15) is 14.7 Å². The quantitative estimate of drug-likeness (QED) is 0.930. The lowest BCUT2D eigenvalue weighted by molar-refractivity contribution is -0.138. The van der Waals surface area contributed by atoms with Crippen LogP contribution < -0.4 is 4.90 Å². The summed E-state index contributed by atoms with van der Waals surface area (Å²) in [6.07, 6.45) is 0.362. The van der Waals surface area contributed by atoms with Crippen LogP contribution in [-0.4, -0.2) is 41.1 Å². The summed E-state index contributed by atoms with van der Waals surface area (Å²) in [5.41, 5.74) is 1.61. The molecule has 0 bridgehead atoms. The minimum atomic E-state index is -0.967. The number of rotatable bonds is 3. The summed E-state index contributed by atoms with van der Waals surface area (Å²) in [6, 6.07) is 6.35. The Kier molecular flexibility index (Phi) is 4.21. The van der Waals surface area contributed by atoms with Crippen molar-refractivity contribution in [2.45, 2.75) is 39.3 Å². The van der Waals surface area contributed by atoms with Gasteiger partial charge in [-0.1, -0.05) is 32.0 Å². The zero-order chi connectivity index (χ0) is 15.7. The average Bonchev–Trinajstić information content (AvgIpc) is 2.84. The lowest BCUT2D eigenvalue weighted by atomic mass is 10.1. The molecule has 2 amide bonds. The van der Waals surface area contributed by atoms with Crippen molar-refractivity contribution in [3.63, 3.8) is 0 Å². The molecule has 1 aromatic rings. The molecule has 2 rings (SSSR count). The van der Waals surface area contributed by atoms with E-state index in [1.54, 1.807) is 11.9 Å². The van der Waals surface area contributed by atoms with E-state index in [0.29, 0.717) is 18.0 Å². The summed E-state index contributed by atoms with van der Waals surface area (Å²) in [7, 11) is 1.73. The molecule has 0 aliphatic carbocycles. The molecule has 5 nitrogen and oxygen atoms in total. The molecule has 2 atom stereocenters. The van der Waals surface area contributed by atoms with Gasteiger partial charge < -0.3 is 10.0 Å². The molecular formula is C16H22N2O3. The normalized spacial score (nSPS) is 18.5. The molecule has 1 aliphatic heterocycles. The third-order valence-corrected chi connectivity index (χ3v) is 4.34. The highest BCUT2D eigenvalue weighted by molar-refractivity contribution is 6.01. The Labute approximate surface area is 125 Å². The number of para-hydroxylation sites is 1. The molecule has 1 unspecified atom stereocenters. The number of anilines is 1. The maximum Gasteiger partial charge on any atom is 0.327 e. The van der Waals surface area contributed by atoms with Crippen molar-refractivity contribution in [2.75, 3.05) is 11.9 Å². The van der Waals surface area contributed by atoms with Gasteiger partial charge in [0.1, 0.15) is 6.04 Å². The van der Waals surface area contributed by atoms with Gasteiger partial charge in [0.05, 0.1) is 0 Å². The Balaban J connectivity index is 2.35. The second-order valence-corrected chi connectivity index (χ2v) is 5.93. The third kappa shape index (κ3) is 2.73. The van der Waals surface area contributed by atoms with E-state index in [0.717, 1.165) is 5.56 Å². The van der Waals surface area contributed by atoms with Crippen molar-refractivity contribution in [1.29, 1.82) is 0 Å². The van der Waals surface area contributed by atoms with Crippen molar-refractivity contribution < 1.29 is 14.7 Å². The fourth-order valence-electron chi connectivity index (χ4n) is 2.61. The number of nitrogens with zero attached hydrogens (tertiary/aromatic N) is 2. The Morgan fingerprint density at radius 1 is 1.29 bits per heavy atom. The van der Waals surface area contributed by atoms with Gasteiger partial charge in [-0.2, -0.15) is 0 Å². The number of hydrogen-bond donors (Lipinski definition) is 1. The number of benzene rings is 1. The maximum absolute atomic E-state index is 12.8. The van der Waals surface area contributed by atoms with Crippen LogP contribution in [0.4, 0.5) is 10.5 Å². The molecular weight excluding hydrogens is 268 g/mol. The molecule has 1 aliphatic rings. The van der Waals surface area contributed by atoms with Crippen molar-refractivity contribution in [2.24, 2.45) is 5.92 Å². The molecule has 0 saturated heterocycles. The highest BCUT2D eigenvalue weighted by Crippen LogP contribution is 2.33. The van der Waals surface area contributed by atoms with Gasteiger partial charge in [0.15, 0.2) is 0 Å². The first-order valence-corrected chi connectivity index (χ1v) is 7.21. The lowest BCUT2D eigenvalue weighted by Gasteiger charge is -2.33. The predicted molar refractivity (Wildman–Crippen MR) is 81.5 cm³/mol. The van der Waals surface area contributed by atoms with E-state index in [2.05, 4.69) is 0 Å². The second-order valence-electron chi connectivity index (χ2n) is 5.93. The number of carbonyl (C=O) groups excluding carboxylic acids is 1. The molecule has 21 heavy (non-hydrogen) atoms. The van der Waals surface area contributed by atoms with Crippen molar-refractivity contribution >= 4 is 17.7 Å². The minimum absolute atomic E-state index is 0.0414. The lowest BCUT2D eigenvalue weighted by Crippen LogP contribution is -2.51. The second kappa shape index (κ2) is 5.76. The zero-order valence-electron chi connectivity index (χ0n) is 12.9. The predicted octanol–water partition coefficient (Wildman–Crippen LogP) is 2.60. The van der Waals surface area contributed by atoms with Crippen LogP contribution in [0.2, 0.25) is 0 Å². The Morgan fingerprint density at radius 3 is 2.48 bits per heavy atom. The topological polar surface area (TPSA) is 60.9 Å². The van der Waals surface area contributed by atoms with Gasteiger partial charge in [-0.05, 0) is 24.5 Å². The van der Waals surface area contributed by atoms with Crippen LogP contribution in [0.5, 0.6) is 0 Å². The standard InChI is InChI=1S/C16H22N2O3/c1-10(2)11(3)17(4)16(21)18-13-8-6-5-7-12(13)9-14(18)15(19)20/h5-8,10-11,14H,9H2,1-4H3,(H,19,20)/t11?,14-/m0/s1. The number of aliphatic carboxylic acids is 1. The van der Waals surface area contributed by atoms with E-state index < -0.39 is 12.0 Å². The van der Waals surface area contributed by atoms with E-state index >= 15 is 0 Å². The van der Waals surface area contributed by atoms with Crippen LogP contribution >= 0.6 is 0 Å². The molecule has 0 spiro atoms. The molecule has 0 fully saturated rings. The van der Waals surface area contributed by atoms with Crippen LogP contribution in [0.3, 0.4) is 0 Å². The van der Waals surface area contributed by atoms with Crippen LogP contribution in [0.15, 0.2) is 24.3 Å². The van der Waals surface area contributed by atoms with Gasteiger partial charge in [0, 0.05) is 25.2 Å². The van der Waals surface area contributed by atoms with Crippen molar-refractivity contribution in [1.82, 2.24) is 4.90 Å². The summed E-state index contributed by atoms with van der Waals surface area (Å²) in [5.74, 6) is -0.662. The number of carbonyl (C=O) groups is 2. The summed E-state index contributed by atoms with van der Waals surface area (Å²) >= 11 is 0. The van der Waals surface area contributed by atoms with Crippen molar-refractivity contribution in [3.8, 4) is 0 Å².